The number of sulfonamides is 1. The maximum atomic E-state index is 12.6. The van der Waals surface area contributed by atoms with Gasteiger partial charge in [0.15, 0.2) is 0 Å². The van der Waals surface area contributed by atoms with Crippen molar-refractivity contribution in [1.29, 1.82) is 0 Å². The minimum absolute atomic E-state index is 0.212. The first-order valence-corrected chi connectivity index (χ1v) is 9.99. The molecule has 0 radical (unpaired) electrons. The molecule has 134 valence electrons. The second-order valence-corrected chi connectivity index (χ2v) is 8.28. The quantitative estimate of drug-likeness (QED) is 0.827. The lowest BCUT2D eigenvalue weighted by Crippen LogP contribution is -2.27. The van der Waals surface area contributed by atoms with Crippen LogP contribution < -0.4 is 10.0 Å². The van der Waals surface area contributed by atoms with Gasteiger partial charge in [0.1, 0.15) is 0 Å². The zero-order valence-electron chi connectivity index (χ0n) is 14.6. The van der Waals surface area contributed by atoms with Gasteiger partial charge in [-0.2, -0.15) is 0 Å². The number of aryl methyl sites for hydroxylation is 2. The predicted octanol–water partition coefficient (Wildman–Crippen LogP) is 3.82. The Morgan fingerprint density at radius 1 is 1.12 bits per heavy atom. The van der Waals surface area contributed by atoms with Crippen molar-refractivity contribution >= 4 is 33.2 Å². The average molecular weight is 381 g/mol. The highest BCUT2D eigenvalue weighted by atomic mass is 35.5. The lowest BCUT2D eigenvalue weighted by atomic mass is 10.00. The molecule has 2 aromatic rings. The average Bonchev–Trinajstić information content (AvgIpc) is 2.47. The van der Waals surface area contributed by atoms with Crippen LogP contribution in [0.3, 0.4) is 0 Å². The molecular weight excluding hydrogens is 360 g/mol. The Morgan fingerprint density at radius 3 is 2.40 bits per heavy atom. The fourth-order valence-electron chi connectivity index (χ4n) is 2.64. The van der Waals surface area contributed by atoms with Crippen LogP contribution in [0.25, 0.3) is 0 Å². The largest absolute Gasteiger partial charge is 0.345 e. The molecular formula is C18H21ClN2O3S. The molecule has 2 rings (SSSR count). The van der Waals surface area contributed by atoms with Gasteiger partial charge in [-0.15, -0.1) is 0 Å². The number of nitrogens with one attached hydrogen (secondary N) is 2. The molecule has 0 aliphatic rings. The van der Waals surface area contributed by atoms with Crippen LogP contribution in [-0.4, -0.2) is 20.6 Å². The molecule has 5 nitrogen and oxygen atoms in total. The van der Waals surface area contributed by atoms with Gasteiger partial charge in [-0.25, -0.2) is 8.42 Å². The number of anilines is 1. The van der Waals surface area contributed by atoms with Crippen molar-refractivity contribution in [3.8, 4) is 0 Å². The minimum Gasteiger partial charge on any atom is -0.345 e. The highest BCUT2D eigenvalue weighted by molar-refractivity contribution is 7.92. The summed E-state index contributed by atoms with van der Waals surface area (Å²) in [6.07, 6.45) is 1.05. The van der Waals surface area contributed by atoms with Crippen LogP contribution in [0, 0.1) is 13.8 Å². The zero-order chi connectivity index (χ0) is 18.8. The first-order chi connectivity index (χ1) is 11.6. The summed E-state index contributed by atoms with van der Waals surface area (Å²) in [5.74, 6) is -0.366. The van der Waals surface area contributed by atoms with Gasteiger partial charge in [-0.1, -0.05) is 35.4 Å². The van der Waals surface area contributed by atoms with Crippen LogP contribution in [0.2, 0.25) is 5.02 Å². The molecule has 1 amide bonds. The third kappa shape index (κ3) is 5.21. The van der Waals surface area contributed by atoms with Gasteiger partial charge in [0.25, 0.3) is 5.91 Å². The van der Waals surface area contributed by atoms with E-state index in [1.54, 1.807) is 0 Å². The van der Waals surface area contributed by atoms with Crippen molar-refractivity contribution in [2.75, 3.05) is 11.0 Å². The molecule has 2 aromatic carbocycles. The number of carbonyl (C=O) groups is 1. The van der Waals surface area contributed by atoms with E-state index in [1.807, 2.05) is 32.9 Å². The van der Waals surface area contributed by atoms with E-state index < -0.39 is 10.0 Å². The predicted molar refractivity (Wildman–Crippen MR) is 102 cm³/mol. The lowest BCUT2D eigenvalue weighted by Gasteiger charge is -2.18. The number of carbonyl (C=O) groups excluding carboxylic acids is 1. The Kier molecular flexibility index (Phi) is 5.75. The van der Waals surface area contributed by atoms with Crippen molar-refractivity contribution in [3.05, 3.63) is 63.7 Å². The summed E-state index contributed by atoms with van der Waals surface area (Å²) >= 11 is 6.11. The molecule has 7 heteroatoms. The highest BCUT2D eigenvalue weighted by Gasteiger charge is 2.17. The van der Waals surface area contributed by atoms with E-state index in [4.69, 9.17) is 11.6 Å². The molecule has 0 heterocycles. The summed E-state index contributed by atoms with van der Waals surface area (Å²) in [5.41, 5.74) is 3.76. The number of benzene rings is 2. The second-order valence-electron chi connectivity index (χ2n) is 6.12. The van der Waals surface area contributed by atoms with Crippen LogP contribution >= 0.6 is 11.6 Å². The number of hydrogen-bond donors (Lipinski definition) is 2. The summed E-state index contributed by atoms with van der Waals surface area (Å²) in [5, 5.41) is 3.16. The summed E-state index contributed by atoms with van der Waals surface area (Å²) in [6, 6.07) is 10.2. The summed E-state index contributed by atoms with van der Waals surface area (Å²) in [6.45, 7) is 5.90. The number of rotatable bonds is 5. The van der Waals surface area contributed by atoms with Gasteiger partial charge in [-0.3, -0.25) is 9.52 Å². The van der Waals surface area contributed by atoms with Crippen molar-refractivity contribution in [3.63, 3.8) is 0 Å². The van der Waals surface area contributed by atoms with Crippen LogP contribution in [0.4, 0.5) is 5.69 Å². The van der Waals surface area contributed by atoms with Gasteiger partial charge in [-0.05, 0) is 50.1 Å². The van der Waals surface area contributed by atoms with Crippen LogP contribution in [0.1, 0.15) is 40.0 Å². The Bertz CT molecular complexity index is 911. The molecule has 0 saturated heterocycles. The molecule has 1 atom stereocenters. The second kappa shape index (κ2) is 7.45. The maximum absolute atomic E-state index is 12.6. The highest BCUT2D eigenvalue weighted by Crippen LogP contribution is 2.23. The third-order valence-corrected chi connectivity index (χ3v) is 4.69. The SMILES string of the molecule is Cc1ccc([C@H](C)NC(=O)c2cc(NS(C)(=O)=O)ccc2Cl)c(C)c1. The van der Waals surface area contributed by atoms with Gasteiger partial charge >= 0.3 is 0 Å². The number of hydrogen-bond acceptors (Lipinski definition) is 3. The van der Waals surface area contributed by atoms with E-state index >= 15 is 0 Å². The maximum Gasteiger partial charge on any atom is 0.253 e. The molecule has 0 aromatic heterocycles. The Hall–Kier alpha value is -2.05. The molecule has 0 aliphatic heterocycles. The van der Waals surface area contributed by atoms with E-state index in [0.29, 0.717) is 0 Å². The molecule has 0 spiro atoms. The zero-order valence-corrected chi connectivity index (χ0v) is 16.1. The van der Waals surface area contributed by atoms with E-state index in [0.717, 1.165) is 22.9 Å². The molecule has 0 bridgehead atoms. The van der Waals surface area contributed by atoms with E-state index in [2.05, 4.69) is 16.1 Å². The molecule has 0 saturated carbocycles. The first kappa shape index (κ1) is 19.3. The minimum atomic E-state index is -3.43. The third-order valence-electron chi connectivity index (χ3n) is 3.75. The van der Waals surface area contributed by atoms with Crippen molar-refractivity contribution in [2.45, 2.75) is 26.8 Å². The lowest BCUT2D eigenvalue weighted by molar-refractivity contribution is 0.0940. The first-order valence-electron chi connectivity index (χ1n) is 7.72. The molecule has 2 N–H and O–H groups in total. The van der Waals surface area contributed by atoms with E-state index in [9.17, 15) is 13.2 Å². The molecule has 0 fully saturated rings. The number of amides is 1. The van der Waals surface area contributed by atoms with Crippen molar-refractivity contribution in [1.82, 2.24) is 5.32 Å². The fourth-order valence-corrected chi connectivity index (χ4v) is 3.40. The van der Waals surface area contributed by atoms with E-state index in [1.165, 1.54) is 18.2 Å². The van der Waals surface area contributed by atoms with Gasteiger partial charge in [0.05, 0.1) is 22.9 Å². The smallest absolute Gasteiger partial charge is 0.253 e. The standard InChI is InChI=1S/C18H21ClN2O3S/c1-11-5-7-15(12(2)9-11)13(3)20-18(22)16-10-14(6-8-17(16)19)21-25(4,23)24/h5-10,13,21H,1-4H3,(H,20,22)/t13-/m0/s1. The fraction of sp³-hybridized carbons (Fsp3) is 0.278. The topological polar surface area (TPSA) is 75.3 Å². The summed E-state index contributed by atoms with van der Waals surface area (Å²) < 4.78 is 25.0. The van der Waals surface area contributed by atoms with Crippen LogP contribution in [0.5, 0.6) is 0 Å². The summed E-state index contributed by atoms with van der Waals surface area (Å²) in [4.78, 5) is 12.6. The normalized spacial score (nSPS) is 12.5. The Balaban J connectivity index is 2.24. The molecule has 25 heavy (non-hydrogen) atoms. The molecule has 0 aliphatic carbocycles. The van der Waals surface area contributed by atoms with Gasteiger partial charge in [0.2, 0.25) is 10.0 Å². The monoisotopic (exact) mass is 380 g/mol. The van der Waals surface area contributed by atoms with Crippen LogP contribution in [-0.2, 0) is 10.0 Å². The van der Waals surface area contributed by atoms with Gasteiger partial charge < -0.3 is 5.32 Å². The Labute approximate surface area is 153 Å². The molecule has 0 unspecified atom stereocenters. The van der Waals surface area contributed by atoms with Crippen molar-refractivity contribution < 1.29 is 13.2 Å². The van der Waals surface area contributed by atoms with E-state index in [-0.39, 0.29) is 28.2 Å². The van der Waals surface area contributed by atoms with Crippen molar-refractivity contribution in [2.24, 2.45) is 0 Å². The van der Waals surface area contributed by atoms with Crippen LogP contribution in [0.15, 0.2) is 36.4 Å². The Morgan fingerprint density at radius 2 is 1.80 bits per heavy atom. The van der Waals surface area contributed by atoms with Gasteiger partial charge in [0, 0.05) is 5.69 Å². The summed E-state index contributed by atoms with van der Waals surface area (Å²) in [7, 11) is -3.43. The number of halogens is 1.